The minimum atomic E-state index is 0.243. The lowest BCUT2D eigenvalue weighted by atomic mass is 10.0. The Hall–Kier alpha value is -1.94. The van der Waals surface area contributed by atoms with Gasteiger partial charge in [0.25, 0.3) is 0 Å². The highest BCUT2D eigenvalue weighted by Gasteiger charge is 2.27. The molecule has 0 radical (unpaired) electrons. The first kappa shape index (κ1) is 14.0. The topological polar surface area (TPSA) is 38.1 Å². The molecule has 0 bridgehead atoms. The Bertz CT molecular complexity index is 606. The molecule has 1 atom stereocenters. The van der Waals surface area contributed by atoms with Crippen LogP contribution in [0, 0.1) is 0 Å². The van der Waals surface area contributed by atoms with Crippen molar-refractivity contribution < 1.29 is 4.79 Å². The fourth-order valence-electron chi connectivity index (χ4n) is 3.02. The molecule has 0 spiro atoms. The van der Waals surface area contributed by atoms with Crippen molar-refractivity contribution in [3.63, 3.8) is 0 Å². The number of aromatic nitrogens is 2. The average molecular weight is 283 g/mol. The van der Waals surface area contributed by atoms with Gasteiger partial charge in [-0.3, -0.25) is 9.69 Å². The molecule has 110 valence electrons. The van der Waals surface area contributed by atoms with Crippen molar-refractivity contribution in [1.29, 1.82) is 0 Å². The van der Waals surface area contributed by atoms with Gasteiger partial charge in [0.05, 0.1) is 6.54 Å². The van der Waals surface area contributed by atoms with Crippen LogP contribution in [-0.2, 0) is 13.6 Å². The van der Waals surface area contributed by atoms with Crippen LogP contribution in [0.1, 0.15) is 35.4 Å². The molecule has 21 heavy (non-hydrogen) atoms. The number of nitrogens with zero attached hydrogens (tertiary/aromatic N) is 3. The summed E-state index contributed by atoms with van der Waals surface area (Å²) in [6, 6.07) is 9.94. The molecular weight excluding hydrogens is 262 g/mol. The van der Waals surface area contributed by atoms with Crippen molar-refractivity contribution in [2.45, 2.75) is 31.8 Å². The van der Waals surface area contributed by atoms with E-state index in [4.69, 9.17) is 0 Å². The molecule has 2 aromatic rings. The molecule has 4 heteroatoms. The second kappa shape index (κ2) is 6.22. The molecule has 0 N–H and O–H groups in total. The molecular formula is C17H21N3O. The Labute approximate surface area is 125 Å². The molecule has 0 amide bonds. The first-order valence-electron chi connectivity index (χ1n) is 7.52. The number of imidazole rings is 1. The summed E-state index contributed by atoms with van der Waals surface area (Å²) >= 11 is 0. The molecule has 3 rings (SSSR count). The minimum Gasteiger partial charge on any atom is -0.337 e. The van der Waals surface area contributed by atoms with Crippen molar-refractivity contribution in [2.75, 3.05) is 6.54 Å². The normalized spacial score (nSPS) is 19.0. The molecule has 0 aliphatic carbocycles. The summed E-state index contributed by atoms with van der Waals surface area (Å²) in [6.45, 7) is 1.88. The summed E-state index contributed by atoms with van der Waals surface area (Å²) in [5.74, 6) is 1.31. The summed E-state index contributed by atoms with van der Waals surface area (Å²) in [6.07, 6.45) is 6.67. The smallest absolute Gasteiger partial charge is 0.164 e. The van der Waals surface area contributed by atoms with Gasteiger partial charge in [-0.2, -0.15) is 0 Å². The molecule has 1 aromatic carbocycles. The number of carbonyl (C=O) groups is 1. The maximum absolute atomic E-state index is 12.4. The molecule has 0 unspecified atom stereocenters. The summed E-state index contributed by atoms with van der Waals surface area (Å²) in [7, 11) is 2.02. The zero-order valence-electron chi connectivity index (χ0n) is 12.4. The van der Waals surface area contributed by atoms with E-state index in [1.807, 2.05) is 54.3 Å². The number of likely N-dealkylation sites (tertiary alicyclic amines) is 1. The van der Waals surface area contributed by atoms with Crippen LogP contribution in [0.2, 0.25) is 0 Å². The molecule has 1 fully saturated rings. The van der Waals surface area contributed by atoms with Gasteiger partial charge in [-0.15, -0.1) is 0 Å². The molecule has 1 aliphatic rings. The van der Waals surface area contributed by atoms with E-state index in [2.05, 4.69) is 9.88 Å². The summed E-state index contributed by atoms with van der Waals surface area (Å²) < 4.78 is 2.05. The van der Waals surface area contributed by atoms with Gasteiger partial charge >= 0.3 is 0 Å². The number of Topliss-reactive ketones (excluding diaryl/α,β-unsaturated/α-hetero) is 1. The average Bonchev–Trinajstić information content (AvgIpc) is 3.11. The van der Waals surface area contributed by atoms with Gasteiger partial charge < -0.3 is 4.57 Å². The van der Waals surface area contributed by atoms with Crippen molar-refractivity contribution in [2.24, 2.45) is 7.05 Å². The molecule has 2 heterocycles. The Morgan fingerprint density at radius 2 is 2.14 bits per heavy atom. The van der Waals surface area contributed by atoms with Crippen LogP contribution in [0.15, 0.2) is 42.7 Å². The largest absolute Gasteiger partial charge is 0.337 e. The third-order valence-electron chi connectivity index (χ3n) is 4.28. The first-order chi connectivity index (χ1) is 10.2. The van der Waals surface area contributed by atoms with Crippen LogP contribution in [-0.4, -0.2) is 32.8 Å². The van der Waals surface area contributed by atoms with Gasteiger partial charge in [-0.1, -0.05) is 30.3 Å². The molecule has 0 saturated carbocycles. The van der Waals surface area contributed by atoms with Gasteiger partial charge in [0.2, 0.25) is 0 Å². The first-order valence-corrected chi connectivity index (χ1v) is 7.52. The fourth-order valence-corrected chi connectivity index (χ4v) is 3.02. The van der Waals surface area contributed by atoms with Crippen LogP contribution in [0.25, 0.3) is 0 Å². The van der Waals surface area contributed by atoms with Crippen LogP contribution < -0.4 is 0 Å². The SMILES string of the molecule is Cn1ccnc1CN1CCC[C@@H]1CC(=O)c1ccccc1. The fraction of sp³-hybridized carbons (Fsp3) is 0.412. The van der Waals surface area contributed by atoms with Crippen molar-refractivity contribution in [1.82, 2.24) is 14.5 Å². The third-order valence-corrected chi connectivity index (χ3v) is 4.28. The van der Waals surface area contributed by atoms with Crippen LogP contribution in [0.3, 0.4) is 0 Å². The van der Waals surface area contributed by atoms with Gasteiger partial charge in [0.15, 0.2) is 5.78 Å². The minimum absolute atomic E-state index is 0.243. The standard InChI is InChI=1S/C17H21N3O/c1-19-11-9-18-17(19)13-20-10-5-8-15(20)12-16(21)14-6-3-2-4-7-14/h2-4,6-7,9,11,15H,5,8,10,12-13H2,1H3/t15-/m1/s1. The Kier molecular flexibility index (Phi) is 4.15. The molecule has 1 aliphatic heterocycles. The lowest BCUT2D eigenvalue weighted by molar-refractivity contribution is 0.0937. The van der Waals surface area contributed by atoms with E-state index < -0.39 is 0 Å². The zero-order chi connectivity index (χ0) is 14.7. The summed E-state index contributed by atoms with van der Waals surface area (Å²) in [5, 5.41) is 0. The van der Waals surface area contributed by atoms with E-state index in [0.29, 0.717) is 12.5 Å². The van der Waals surface area contributed by atoms with Crippen LogP contribution in [0.4, 0.5) is 0 Å². The van der Waals surface area contributed by atoms with E-state index in [1.165, 1.54) is 0 Å². The van der Waals surface area contributed by atoms with E-state index in [1.54, 1.807) is 0 Å². The predicted octanol–water partition coefficient (Wildman–Crippen LogP) is 2.66. The maximum atomic E-state index is 12.4. The third kappa shape index (κ3) is 3.22. The second-order valence-corrected chi connectivity index (χ2v) is 5.71. The number of carbonyl (C=O) groups excluding carboxylic acids is 1. The summed E-state index contributed by atoms with van der Waals surface area (Å²) in [4.78, 5) is 19.1. The van der Waals surface area contributed by atoms with Gasteiger partial charge in [-0.25, -0.2) is 4.98 Å². The number of ketones is 1. The van der Waals surface area contributed by atoms with E-state index in [-0.39, 0.29) is 5.78 Å². The highest BCUT2D eigenvalue weighted by Crippen LogP contribution is 2.23. The monoisotopic (exact) mass is 283 g/mol. The number of benzene rings is 1. The highest BCUT2D eigenvalue weighted by atomic mass is 16.1. The quantitative estimate of drug-likeness (QED) is 0.792. The van der Waals surface area contributed by atoms with Crippen LogP contribution >= 0.6 is 0 Å². The number of hydrogen-bond donors (Lipinski definition) is 0. The van der Waals surface area contributed by atoms with Crippen LogP contribution in [0.5, 0.6) is 0 Å². The van der Waals surface area contributed by atoms with Gasteiger partial charge in [0.1, 0.15) is 5.82 Å². The molecule has 1 aromatic heterocycles. The van der Waals surface area contributed by atoms with E-state index >= 15 is 0 Å². The maximum Gasteiger partial charge on any atom is 0.164 e. The van der Waals surface area contributed by atoms with E-state index in [0.717, 1.165) is 37.3 Å². The van der Waals surface area contributed by atoms with E-state index in [9.17, 15) is 4.79 Å². The van der Waals surface area contributed by atoms with Crippen molar-refractivity contribution in [3.05, 3.63) is 54.1 Å². The highest BCUT2D eigenvalue weighted by molar-refractivity contribution is 5.96. The second-order valence-electron chi connectivity index (χ2n) is 5.71. The molecule has 1 saturated heterocycles. The molecule has 4 nitrogen and oxygen atoms in total. The Morgan fingerprint density at radius 3 is 2.86 bits per heavy atom. The van der Waals surface area contributed by atoms with Gasteiger partial charge in [0, 0.05) is 37.5 Å². The predicted molar refractivity (Wildman–Crippen MR) is 82.0 cm³/mol. The lowest BCUT2D eigenvalue weighted by Gasteiger charge is -2.23. The number of rotatable bonds is 5. The lowest BCUT2D eigenvalue weighted by Crippen LogP contribution is -2.31. The van der Waals surface area contributed by atoms with Crippen molar-refractivity contribution in [3.8, 4) is 0 Å². The Balaban J connectivity index is 1.64. The van der Waals surface area contributed by atoms with Crippen molar-refractivity contribution >= 4 is 5.78 Å². The van der Waals surface area contributed by atoms with Gasteiger partial charge in [-0.05, 0) is 19.4 Å². The zero-order valence-corrected chi connectivity index (χ0v) is 12.4. The number of aryl methyl sites for hydroxylation is 1. The Morgan fingerprint density at radius 1 is 1.33 bits per heavy atom. The summed E-state index contributed by atoms with van der Waals surface area (Å²) in [5.41, 5.74) is 0.821. The number of hydrogen-bond acceptors (Lipinski definition) is 3.